The van der Waals surface area contributed by atoms with Crippen molar-refractivity contribution in [2.75, 3.05) is 13.1 Å². The highest BCUT2D eigenvalue weighted by Gasteiger charge is 2.35. The molecule has 3 N–H and O–H groups in total. The highest BCUT2D eigenvalue weighted by Crippen LogP contribution is 2.29. The third-order valence-electron chi connectivity index (χ3n) is 4.30. The predicted molar refractivity (Wildman–Crippen MR) is 77.9 cm³/mol. The summed E-state index contributed by atoms with van der Waals surface area (Å²) in [5.41, 5.74) is 5.81. The van der Waals surface area contributed by atoms with E-state index in [-0.39, 0.29) is 29.2 Å². The van der Waals surface area contributed by atoms with Gasteiger partial charge in [-0.15, -0.1) is 0 Å². The Morgan fingerprint density at radius 3 is 2.15 bits per heavy atom. The molecule has 0 aromatic heterocycles. The van der Waals surface area contributed by atoms with Crippen molar-refractivity contribution < 1.29 is 9.59 Å². The molecule has 0 radical (unpaired) electrons. The number of nitrogens with two attached hydrogens (primary N) is 1. The van der Waals surface area contributed by atoms with Gasteiger partial charge in [0.2, 0.25) is 11.8 Å². The fourth-order valence-electron chi connectivity index (χ4n) is 2.48. The van der Waals surface area contributed by atoms with Gasteiger partial charge in [0.1, 0.15) is 0 Å². The number of piperidine rings is 1. The molecule has 5 nitrogen and oxygen atoms in total. The first-order chi connectivity index (χ1) is 9.29. The number of carbonyl (C=O) groups is 2. The third kappa shape index (κ3) is 3.72. The fourth-order valence-corrected chi connectivity index (χ4v) is 2.48. The first kappa shape index (κ1) is 15.3. The van der Waals surface area contributed by atoms with Crippen LogP contribution in [0.1, 0.15) is 46.5 Å². The zero-order valence-corrected chi connectivity index (χ0v) is 12.8. The van der Waals surface area contributed by atoms with E-state index in [1.54, 1.807) is 0 Å². The summed E-state index contributed by atoms with van der Waals surface area (Å²) in [6.07, 6.45) is 3.73. The molecule has 20 heavy (non-hydrogen) atoms. The number of nitrogens with zero attached hydrogens (tertiary/aromatic N) is 1. The second-order valence-corrected chi connectivity index (χ2v) is 7.23. The van der Waals surface area contributed by atoms with Crippen LogP contribution in [0.15, 0.2) is 0 Å². The number of likely N-dealkylation sites (tertiary alicyclic amines) is 1. The number of hydrogen-bond donors (Lipinski definition) is 2. The Hall–Kier alpha value is -1.10. The molecule has 1 aliphatic carbocycles. The van der Waals surface area contributed by atoms with Crippen LogP contribution in [0.5, 0.6) is 0 Å². The summed E-state index contributed by atoms with van der Waals surface area (Å²) in [7, 11) is 0. The van der Waals surface area contributed by atoms with Crippen molar-refractivity contribution in [3.63, 3.8) is 0 Å². The quantitative estimate of drug-likeness (QED) is 0.806. The van der Waals surface area contributed by atoms with Gasteiger partial charge in [-0.2, -0.15) is 0 Å². The molecule has 2 rings (SSSR count). The van der Waals surface area contributed by atoms with E-state index in [9.17, 15) is 9.59 Å². The Kier molecular flexibility index (Phi) is 4.37. The minimum absolute atomic E-state index is 0.0319. The van der Waals surface area contributed by atoms with Crippen LogP contribution in [-0.4, -0.2) is 41.9 Å². The van der Waals surface area contributed by atoms with E-state index in [4.69, 9.17) is 5.73 Å². The Balaban J connectivity index is 1.78. The van der Waals surface area contributed by atoms with Crippen molar-refractivity contribution in [3.8, 4) is 0 Å². The number of rotatable bonds is 3. The average molecular weight is 281 g/mol. The summed E-state index contributed by atoms with van der Waals surface area (Å²) >= 11 is 0. The summed E-state index contributed by atoms with van der Waals surface area (Å²) in [5, 5.41) is 3.09. The third-order valence-corrected chi connectivity index (χ3v) is 4.30. The molecule has 1 saturated carbocycles. The molecule has 0 spiro atoms. The van der Waals surface area contributed by atoms with Gasteiger partial charge < -0.3 is 16.0 Å². The van der Waals surface area contributed by atoms with Crippen LogP contribution in [0.3, 0.4) is 0 Å². The van der Waals surface area contributed by atoms with Crippen LogP contribution in [-0.2, 0) is 9.59 Å². The van der Waals surface area contributed by atoms with Gasteiger partial charge in [-0.1, -0.05) is 20.8 Å². The minimum Gasteiger partial charge on any atom is -0.353 e. The van der Waals surface area contributed by atoms with Crippen LogP contribution in [0, 0.1) is 11.3 Å². The Morgan fingerprint density at radius 2 is 1.70 bits per heavy atom. The van der Waals surface area contributed by atoms with Gasteiger partial charge in [0, 0.05) is 25.0 Å². The van der Waals surface area contributed by atoms with Crippen molar-refractivity contribution in [2.24, 2.45) is 17.1 Å². The van der Waals surface area contributed by atoms with Gasteiger partial charge in [0.25, 0.3) is 0 Å². The molecule has 2 fully saturated rings. The Morgan fingerprint density at radius 1 is 1.15 bits per heavy atom. The molecule has 2 aliphatic rings. The molecule has 1 aliphatic heterocycles. The van der Waals surface area contributed by atoms with E-state index in [1.165, 1.54) is 0 Å². The number of amides is 2. The molecule has 0 aromatic carbocycles. The van der Waals surface area contributed by atoms with Crippen molar-refractivity contribution in [1.82, 2.24) is 10.2 Å². The maximum Gasteiger partial charge on any atom is 0.240 e. The zero-order chi connectivity index (χ0) is 14.9. The van der Waals surface area contributed by atoms with Gasteiger partial charge in [0.15, 0.2) is 0 Å². The smallest absolute Gasteiger partial charge is 0.240 e. The summed E-state index contributed by atoms with van der Waals surface area (Å²) in [6, 6.07) is -0.238. The zero-order valence-electron chi connectivity index (χ0n) is 12.8. The van der Waals surface area contributed by atoms with Crippen molar-refractivity contribution in [3.05, 3.63) is 0 Å². The van der Waals surface area contributed by atoms with Crippen LogP contribution < -0.4 is 11.1 Å². The largest absolute Gasteiger partial charge is 0.353 e. The standard InChI is InChI=1S/C15H27N3O2/c1-15(2,3)12(16)14(20)18-8-6-11(7-9-18)17-13(19)10-4-5-10/h10-12H,4-9,16H2,1-3H3,(H,17,19)/t12-/m0/s1. The average Bonchev–Trinajstić information content (AvgIpc) is 3.21. The minimum atomic E-state index is -0.458. The van der Waals surface area contributed by atoms with Gasteiger partial charge in [-0.25, -0.2) is 0 Å². The molecule has 114 valence electrons. The molecule has 0 bridgehead atoms. The fraction of sp³-hybridized carbons (Fsp3) is 0.867. The first-order valence-electron chi connectivity index (χ1n) is 7.64. The second-order valence-electron chi connectivity index (χ2n) is 7.23. The maximum absolute atomic E-state index is 12.3. The molecular formula is C15H27N3O2. The molecule has 5 heteroatoms. The van der Waals surface area contributed by atoms with E-state index >= 15 is 0 Å². The normalized spacial score (nSPS) is 22.5. The molecule has 0 unspecified atom stereocenters. The summed E-state index contributed by atoms with van der Waals surface area (Å²) in [4.78, 5) is 25.9. The molecule has 1 atom stereocenters. The molecule has 2 amide bonds. The lowest BCUT2D eigenvalue weighted by atomic mass is 9.86. The van der Waals surface area contributed by atoms with Gasteiger partial charge in [-0.05, 0) is 31.1 Å². The van der Waals surface area contributed by atoms with E-state index in [1.807, 2.05) is 25.7 Å². The van der Waals surface area contributed by atoms with Crippen molar-refractivity contribution in [2.45, 2.75) is 58.5 Å². The predicted octanol–water partition coefficient (Wildman–Crippen LogP) is 0.877. The number of hydrogen-bond acceptors (Lipinski definition) is 3. The monoisotopic (exact) mass is 281 g/mol. The number of nitrogens with one attached hydrogen (secondary N) is 1. The highest BCUT2D eigenvalue weighted by molar-refractivity contribution is 5.83. The lowest BCUT2D eigenvalue weighted by molar-refractivity contribution is -0.136. The summed E-state index contributed by atoms with van der Waals surface area (Å²) in [5.74, 6) is 0.481. The van der Waals surface area contributed by atoms with E-state index in [0.717, 1.165) is 25.7 Å². The van der Waals surface area contributed by atoms with Crippen molar-refractivity contribution >= 4 is 11.8 Å². The van der Waals surface area contributed by atoms with Gasteiger partial charge in [0.05, 0.1) is 6.04 Å². The maximum atomic E-state index is 12.3. The summed E-state index contributed by atoms with van der Waals surface area (Å²) < 4.78 is 0. The summed E-state index contributed by atoms with van der Waals surface area (Å²) in [6.45, 7) is 7.34. The second kappa shape index (κ2) is 5.72. The van der Waals surface area contributed by atoms with Crippen LogP contribution in [0.25, 0.3) is 0 Å². The molecule has 1 heterocycles. The molecule has 1 saturated heterocycles. The Bertz CT molecular complexity index is 377. The first-order valence-corrected chi connectivity index (χ1v) is 7.64. The Labute approximate surface area is 121 Å². The van der Waals surface area contributed by atoms with Crippen molar-refractivity contribution in [1.29, 1.82) is 0 Å². The van der Waals surface area contributed by atoms with E-state index in [2.05, 4.69) is 5.32 Å². The molecule has 0 aromatic rings. The van der Waals surface area contributed by atoms with E-state index in [0.29, 0.717) is 13.1 Å². The lowest BCUT2D eigenvalue weighted by Crippen LogP contribution is -2.54. The van der Waals surface area contributed by atoms with Gasteiger partial charge in [-0.3, -0.25) is 9.59 Å². The van der Waals surface area contributed by atoms with E-state index < -0.39 is 6.04 Å². The number of carbonyl (C=O) groups excluding carboxylic acids is 2. The SMILES string of the molecule is CC(C)(C)[C@@H](N)C(=O)N1CCC(NC(=O)C2CC2)CC1. The van der Waals surface area contributed by atoms with Crippen LogP contribution in [0.2, 0.25) is 0 Å². The molecular weight excluding hydrogens is 254 g/mol. The van der Waals surface area contributed by atoms with Crippen LogP contribution in [0.4, 0.5) is 0 Å². The lowest BCUT2D eigenvalue weighted by Gasteiger charge is -2.36. The highest BCUT2D eigenvalue weighted by atomic mass is 16.2. The van der Waals surface area contributed by atoms with Crippen LogP contribution >= 0.6 is 0 Å². The van der Waals surface area contributed by atoms with Gasteiger partial charge >= 0.3 is 0 Å². The topological polar surface area (TPSA) is 75.4 Å².